The molecule has 0 fully saturated rings. The van der Waals surface area contributed by atoms with Gasteiger partial charge in [-0.2, -0.15) is 20.5 Å². The Balaban J connectivity index is 1.72. The van der Waals surface area contributed by atoms with E-state index in [-0.39, 0.29) is 11.7 Å². The third-order valence-electron chi connectivity index (χ3n) is 2.73. The highest BCUT2D eigenvalue weighted by atomic mass is 79.9. The third kappa shape index (κ3) is 6.48. The number of halogens is 3. The molecule has 0 saturated heterocycles. The van der Waals surface area contributed by atoms with Gasteiger partial charge in [-0.1, -0.05) is 6.07 Å². The first-order chi connectivity index (χ1) is 11.0. The molecule has 0 aliphatic rings. The molecule has 1 aromatic carbocycles. The van der Waals surface area contributed by atoms with Crippen molar-refractivity contribution in [2.24, 2.45) is 0 Å². The highest BCUT2D eigenvalue weighted by Gasteiger charge is 2.09. The van der Waals surface area contributed by atoms with Gasteiger partial charge in [0.2, 0.25) is 0 Å². The summed E-state index contributed by atoms with van der Waals surface area (Å²) < 4.78 is 29.7. The van der Waals surface area contributed by atoms with Crippen LogP contribution in [0.5, 0.6) is 5.75 Å². The normalized spacial score (nSPS) is 10.8. The zero-order valence-electron chi connectivity index (χ0n) is 11.9. The van der Waals surface area contributed by atoms with E-state index in [1.807, 2.05) is 6.07 Å². The van der Waals surface area contributed by atoms with Gasteiger partial charge in [-0.05, 0) is 46.3 Å². The maximum Gasteiger partial charge on any atom is 0.387 e. The number of amides is 1. The number of hydrogen-bond acceptors (Lipinski definition) is 4. The Bertz CT molecular complexity index is 652. The predicted octanol–water partition coefficient (Wildman–Crippen LogP) is 4.78. The molecule has 1 amide bonds. The molecule has 1 N–H and O–H groups in total. The molecule has 0 aliphatic carbocycles. The average Bonchev–Trinajstić information content (AvgIpc) is 2.92. The first-order valence-electron chi connectivity index (χ1n) is 6.69. The maximum absolute atomic E-state index is 12.2. The number of benzene rings is 1. The molecule has 2 rings (SSSR count). The van der Waals surface area contributed by atoms with Crippen LogP contribution in [0.25, 0.3) is 0 Å². The quantitative estimate of drug-likeness (QED) is 0.623. The van der Waals surface area contributed by atoms with E-state index in [1.165, 1.54) is 23.1 Å². The Morgan fingerprint density at radius 2 is 2.17 bits per heavy atom. The van der Waals surface area contributed by atoms with Gasteiger partial charge in [0.15, 0.2) is 0 Å². The predicted molar refractivity (Wildman–Crippen MR) is 93.6 cm³/mol. The number of rotatable bonds is 8. The Hall–Kier alpha value is -1.12. The van der Waals surface area contributed by atoms with Crippen molar-refractivity contribution in [2.75, 3.05) is 12.3 Å². The monoisotopic (exact) mass is 421 g/mol. The van der Waals surface area contributed by atoms with E-state index in [1.54, 1.807) is 29.2 Å². The van der Waals surface area contributed by atoms with Crippen molar-refractivity contribution < 1.29 is 18.3 Å². The van der Waals surface area contributed by atoms with Crippen LogP contribution < -0.4 is 10.1 Å². The van der Waals surface area contributed by atoms with Crippen molar-refractivity contribution in [1.82, 2.24) is 5.32 Å². The van der Waals surface area contributed by atoms with Crippen LogP contribution in [0.1, 0.15) is 15.2 Å². The van der Waals surface area contributed by atoms with Crippen LogP contribution in [0.3, 0.4) is 0 Å². The number of thioether (sulfide) groups is 1. The van der Waals surface area contributed by atoms with E-state index in [0.717, 1.165) is 15.3 Å². The molecule has 0 aliphatic heterocycles. The molecule has 0 unspecified atom stereocenters. The van der Waals surface area contributed by atoms with Gasteiger partial charge in [0.1, 0.15) is 5.75 Å². The van der Waals surface area contributed by atoms with Crippen molar-refractivity contribution in [2.45, 2.75) is 12.4 Å². The molecule has 3 nitrogen and oxygen atoms in total. The molecular formula is C15H14BrF2NO2S2. The van der Waals surface area contributed by atoms with Gasteiger partial charge in [-0.15, -0.1) is 11.3 Å². The summed E-state index contributed by atoms with van der Waals surface area (Å²) in [5.74, 6) is 1.34. The van der Waals surface area contributed by atoms with Gasteiger partial charge in [0.05, 0.1) is 3.79 Å². The number of hydrogen-bond donors (Lipinski definition) is 1. The van der Waals surface area contributed by atoms with Gasteiger partial charge in [-0.3, -0.25) is 4.79 Å². The van der Waals surface area contributed by atoms with Crippen LogP contribution in [-0.4, -0.2) is 24.8 Å². The number of alkyl halides is 2. The van der Waals surface area contributed by atoms with Crippen LogP contribution >= 0.6 is 39.0 Å². The minimum absolute atomic E-state index is 0.0229. The minimum atomic E-state index is -2.90. The summed E-state index contributed by atoms with van der Waals surface area (Å²) in [4.78, 5) is 13.2. The lowest BCUT2D eigenvalue weighted by Crippen LogP contribution is -2.25. The third-order valence-corrected chi connectivity index (χ3v) is 5.54. The number of carbonyl (C=O) groups is 1. The van der Waals surface area contributed by atoms with Crippen molar-refractivity contribution in [3.8, 4) is 5.75 Å². The van der Waals surface area contributed by atoms with E-state index in [2.05, 4.69) is 32.0 Å². The first kappa shape index (κ1) is 18.2. The van der Waals surface area contributed by atoms with E-state index < -0.39 is 6.61 Å². The summed E-state index contributed by atoms with van der Waals surface area (Å²) in [6.45, 7) is -2.39. The molecule has 124 valence electrons. The van der Waals surface area contributed by atoms with Crippen LogP contribution in [0.15, 0.2) is 40.2 Å². The van der Waals surface area contributed by atoms with Gasteiger partial charge in [0.25, 0.3) is 5.91 Å². The minimum Gasteiger partial charge on any atom is -0.435 e. The molecule has 0 radical (unpaired) electrons. The fourth-order valence-corrected chi connectivity index (χ4v) is 4.21. The zero-order valence-corrected chi connectivity index (χ0v) is 15.1. The molecule has 0 spiro atoms. The molecule has 1 aromatic heterocycles. The van der Waals surface area contributed by atoms with E-state index in [9.17, 15) is 13.6 Å². The fraction of sp³-hybridized carbons (Fsp3) is 0.267. The van der Waals surface area contributed by atoms with Crippen LogP contribution in [0.4, 0.5) is 8.78 Å². The summed E-state index contributed by atoms with van der Waals surface area (Å²) in [5.41, 5.74) is 0.301. The van der Waals surface area contributed by atoms with Crippen molar-refractivity contribution >= 4 is 44.9 Å². The Morgan fingerprint density at radius 3 is 2.87 bits per heavy atom. The number of carbonyl (C=O) groups excluding carboxylic acids is 1. The lowest BCUT2D eigenvalue weighted by Gasteiger charge is -2.08. The highest BCUT2D eigenvalue weighted by molar-refractivity contribution is 9.11. The lowest BCUT2D eigenvalue weighted by atomic mass is 10.2. The highest BCUT2D eigenvalue weighted by Crippen LogP contribution is 2.25. The summed E-state index contributed by atoms with van der Waals surface area (Å²) in [5, 5.41) is 2.76. The second-order valence-corrected chi connectivity index (χ2v) is 8.07. The lowest BCUT2D eigenvalue weighted by molar-refractivity contribution is -0.0498. The number of ether oxygens (including phenoxy) is 1. The topological polar surface area (TPSA) is 38.3 Å². The zero-order chi connectivity index (χ0) is 16.7. The second kappa shape index (κ2) is 9.24. The molecule has 0 atom stereocenters. The van der Waals surface area contributed by atoms with Gasteiger partial charge in [-0.25, -0.2) is 0 Å². The largest absolute Gasteiger partial charge is 0.435 e. The molecule has 8 heteroatoms. The SMILES string of the molecule is O=C(NCCSCc1ccc(Br)s1)c1cccc(OC(F)F)c1. The first-order valence-corrected chi connectivity index (χ1v) is 9.46. The Labute approximate surface area is 149 Å². The molecule has 0 saturated carbocycles. The average molecular weight is 422 g/mol. The van der Waals surface area contributed by atoms with Gasteiger partial charge < -0.3 is 10.1 Å². The summed E-state index contributed by atoms with van der Waals surface area (Å²) >= 11 is 6.82. The molecule has 2 aromatic rings. The van der Waals surface area contributed by atoms with E-state index in [4.69, 9.17) is 0 Å². The van der Waals surface area contributed by atoms with Crippen molar-refractivity contribution in [3.63, 3.8) is 0 Å². The van der Waals surface area contributed by atoms with Crippen LogP contribution in [0.2, 0.25) is 0 Å². The second-order valence-electron chi connectivity index (χ2n) is 4.42. The Morgan fingerprint density at radius 1 is 1.35 bits per heavy atom. The van der Waals surface area contributed by atoms with Crippen molar-refractivity contribution in [1.29, 1.82) is 0 Å². The molecule has 1 heterocycles. The van der Waals surface area contributed by atoms with Gasteiger partial charge in [0, 0.05) is 28.5 Å². The summed E-state index contributed by atoms with van der Waals surface area (Å²) in [6, 6.07) is 9.83. The van der Waals surface area contributed by atoms with Crippen LogP contribution in [0, 0.1) is 0 Å². The smallest absolute Gasteiger partial charge is 0.387 e. The van der Waals surface area contributed by atoms with Crippen molar-refractivity contribution in [3.05, 3.63) is 50.6 Å². The summed E-state index contributed by atoms with van der Waals surface area (Å²) in [6.07, 6.45) is 0. The Kier molecular flexibility index (Phi) is 7.32. The summed E-state index contributed by atoms with van der Waals surface area (Å²) in [7, 11) is 0. The number of nitrogens with one attached hydrogen (secondary N) is 1. The fourth-order valence-electron chi connectivity index (χ4n) is 1.75. The standard InChI is InChI=1S/C15H14BrF2NO2S2/c16-13-5-4-12(23-13)9-22-7-6-19-14(20)10-2-1-3-11(8-10)21-15(17)18/h1-5,8,15H,6-7,9H2,(H,19,20). The molecule has 0 bridgehead atoms. The maximum atomic E-state index is 12.2. The molecular weight excluding hydrogens is 408 g/mol. The van der Waals surface area contributed by atoms with E-state index in [0.29, 0.717) is 12.1 Å². The van der Waals surface area contributed by atoms with Crippen LogP contribution in [-0.2, 0) is 5.75 Å². The number of thiophene rings is 1. The van der Waals surface area contributed by atoms with Gasteiger partial charge >= 0.3 is 6.61 Å². The van der Waals surface area contributed by atoms with E-state index >= 15 is 0 Å². The molecule has 23 heavy (non-hydrogen) atoms.